The van der Waals surface area contributed by atoms with Crippen molar-refractivity contribution in [1.82, 2.24) is 25.1 Å². The molecule has 0 aromatic carbocycles. The first-order valence-corrected chi connectivity index (χ1v) is 7.97. The maximum absolute atomic E-state index is 12.3. The zero-order chi connectivity index (χ0) is 18.4. The molecule has 25 heavy (non-hydrogen) atoms. The van der Waals surface area contributed by atoms with Crippen LogP contribution < -0.4 is 10.9 Å². The maximum Gasteiger partial charge on any atom is 0.290 e. The molecule has 9 nitrogen and oxygen atoms in total. The minimum atomic E-state index is -0.250. The first-order valence-electron chi connectivity index (χ1n) is 7.97. The van der Waals surface area contributed by atoms with Crippen LogP contribution in [0.2, 0.25) is 0 Å². The number of carbonyl (C=O) groups excluding carboxylic acids is 1. The van der Waals surface area contributed by atoms with Crippen LogP contribution in [0.5, 0.6) is 0 Å². The summed E-state index contributed by atoms with van der Waals surface area (Å²) in [4.78, 5) is 34.7. The Labute approximate surface area is 144 Å². The monoisotopic (exact) mass is 347 g/mol. The zero-order valence-corrected chi connectivity index (χ0v) is 14.2. The Balaban J connectivity index is 0.000000701. The van der Waals surface area contributed by atoms with Crippen LogP contribution in [0.25, 0.3) is 0 Å². The Kier molecular flexibility index (Phi) is 6.04. The largest absolute Gasteiger partial charge is 0.483 e. The molecule has 0 spiro atoms. The first kappa shape index (κ1) is 18.4. The average Bonchev–Trinajstić information content (AvgIpc) is 3.15. The molecule has 0 bridgehead atoms. The number of aromatic amines is 1. The first-order chi connectivity index (χ1) is 12.0. The number of hydrogen-bond acceptors (Lipinski definition) is 5. The van der Waals surface area contributed by atoms with E-state index in [2.05, 4.69) is 25.1 Å². The minimum absolute atomic E-state index is 0.146. The fraction of sp³-hybridized carbons (Fsp3) is 0.438. The summed E-state index contributed by atoms with van der Waals surface area (Å²) in [5, 5.41) is 18.0. The van der Waals surface area contributed by atoms with Crippen molar-refractivity contribution < 1.29 is 14.7 Å². The number of fused-ring (bicyclic) bond motifs is 1. The summed E-state index contributed by atoms with van der Waals surface area (Å²) in [6.45, 7) is 5.02. The summed E-state index contributed by atoms with van der Waals surface area (Å²) in [6, 6.07) is 2.97. The highest BCUT2D eigenvalue weighted by Gasteiger charge is 2.25. The second kappa shape index (κ2) is 8.22. The van der Waals surface area contributed by atoms with Crippen molar-refractivity contribution in [2.75, 3.05) is 6.54 Å². The number of nitrogens with one attached hydrogen (secondary N) is 2. The summed E-state index contributed by atoms with van der Waals surface area (Å²) in [6.07, 6.45) is 1.44. The van der Waals surface area contributed by atoms with Gasteiger partial charge < -0.3 is 20.0 Å². The molecule has 1 amide bonds. The Morgan fingerprint density at radius 3 is 2.84 bits per heavy atom. The Hall–Kier alpha value is -2.97. The third-order valence-corrected chi connectivity index (χ3v) is 4.07. The molecule has 2 aromatic heterocycles. The molecule has 9 heteroatoms. The molecule has 1 unspecified atom stereocenters. The molecule has 3 N–H and O–H groups in total. The lowest BCUT2D eigenvalue weighted by Crippen LogP contribution is -2.31. The number of carboxylic acid groups (broad SMARTS) is 1. The molecule has 1 aliphatic rings. The van der Waals surface area contributed by atoms with Gasteiger partial charge in [0.25, 0.3) is 12.4 Å². The van der Waals surface area contributed by atoms with Gasteiger partial charge in [0, 0.05) is 37.2 Å². The highest BCUT2D eigenvalue weighted by atomic mass is 16.3. The van der Waals surface area contributed by atoms with Gasteiger partial charge in [0.05, 0.1) is 5.56 Å². The number of aromatic nitrogens is 4. The SMILES string of the molecule is CCc1[nH]c(=O)ccc1C(=O)NCC1Cc2nnc(C)n2C1.O=CO. The van der Waals surface area contributed by atoms with Gasteiger partial charge in [-0.15, -0.1) is 10.2 Å². The van der Waals surface area contributed by atoms with E-state index in [9.17, 15) is 9.59 Å². The normalized spacial score (nSPS) is 15.0. The Morgan fingerprint density at radius 2 is 2.20 bits per heavy atom. The number of aryl methyl sites for hydroxylation is 2. The van der Waals surface area contributed by atoms with E-state index in [-0.39, 0.29) is 17.9 Å². The molecule has 134 valence electrons. The van der Waals surface area contributed by atoms with Crippen LogP contribution in [-0.4, -0.2) is 43.8 Å². The molecular weight excluding hydrogens is 326 g/mol. The van der Waals surface area contributed by atoms with Crippen LogP contribution in [0.1, 0.15) is 34.6 Å². The van der Waals surface area contributed by atoms with Gasteiger partial charge in [-0.05, 0) is 19.4 Å². The van der Waals surface area contributed by atoms with E-state index in [1.54, 1.807) is 6.07 Å². The number of amides is 1. The molecule has 0 saturated carbocycles. The van der Waals surface area contributed by atoms with Crippen molar-refractivity contribution in [3.05, 3.63) is 45.4 Å². The van der Waals surface area contributed by atoms with Crippen molar-refractivity contribution in [2.24, 2.45) is 5.92 Å². The van der Waals surface area contributed by atoms with Crippen molar-refractivity contribution >= 4 is 12.4 Å². The van der Waals surface area contributed by atoms with Crippen molar-refractivity contribution in [3.8, 4) is 0 Å². The topological polar surface area (TPSA) is 130 Å². The molecule has 2 aromatic rings. The predicted octanol–water partition coefficient (Wildman–Crippen LogP) is 0.140. The van der Waals surface area contributed by atoms with Crippen LogP contribution in [0.15, 0.2) is 16.9 Å². The van der Waals surface area contributed by atoms with Gasteiger partial charge in [-0.1, -0.05) is 6.92 Å². The maximum atomic E-state index is 12.3. The second-order valence-electron chi connectivity index (χ2n) is 5.73. The second-order valence-corrected chi connectivity index (χ2v) is 5.73. The van der Waals surface area contributed by atoms with Gasteiger partial charge in [0.2, 0.25) is 5.56 Å². The van der Waals surface area contributed by atoms with E-state index < -0.39 is 0 Å². The third-order valence-electron chi connectivity index (χ3n) is 4.07. The van der Waals surface area contributed by atoms with Gasteiger partial charge in [-0.2, -0.15) is 0 Å². The van der Waals surface area contributed by atoms with Gasteiger partial charge >= 0.3 is 0 Å². The zero-order valence-electron chi connectivity index (χ0n) is 14.2. The molecular formula is C16H21N5O4. The minimum Gasteiger partial charge on any atom is -0.483 e. The van der Waals surface area contributed by atoms with Gasteiger partial charge in [-0.3, -0.25) is 14.4 Å². The number of H-pyrrole nitrogens is 1. The molecule has 3 rings (SSSR count). The lowest BCUT2D eigenvalue weighted by molar-refractivity contribution is -0.122. The third kappa shape index (κ3) is 4.31. The van der Waals surface area contributed by atoms with E-state index in [4.69, 9.17) is 9.90 Å². The van der Waals surface area contributed by atoms with Crippen molar-refractivity contribution in [1.29, 1.82) is 0 Å². The van der Waals surface area contributed by atoms with Gasteiger partial charge in [-0.25, -0.2) is 0 Å². The number of hydrogen-bond donors (Lipinski definition) is 3. The summed E-state index contributed by atoms with van der Waals surface area (Å²) in [5.74, 6) is 2.08. The smallest absolute Gasteiger partial charge is 0.290 e. The molecule has 3 heterocycles. The lowest BCUT2D eigenvalue weighted by Gasteiger charge is -2.12. The predicted molar refractivity (Wildman–Crippen MR) is 89.4 cm³/mol. The molecule has 1 atom stereocenters. The molecule has 0 fully saturated rings. The summed E-state index contributed by atoms with van der Waals surface area (Å²) in [5.41, 5.74) is 1.03. The van der Waals surface area contributed by atoms with E-state index in [0.717, 1.165) is 24.6 Å². The van der Waals surface area contributed by atoms with Crippen molar-refractivity contribution in [3.63, 3.8) is 0 Å². The van der Waals surface area contributed by atoms with Crippen LogP contribution in [0, 0.1) is 12.8 Å². The number of carbonyl (C=O) groups is 2. The Bertz CT molecular complexity index is 811. The molecule has 0 aliphatic carbocycles. The van der Waals surface area contributed by atoms with Crippen LogP contribution >= 0.6 is 0 Å². The molecule has 1 aliphatic heterocycles. The van der Waals surface area contributed by atoms with Gasteiger partial charge in [0.15, 0.2) is 0 Å². The number of rotatable bonds is 4. The lowest BCUT2D eigenvalue weighted by atomic mass is 10.1. The van der Waals surface area contributed by atoms with Gasteiger partial charge in [0.1, 0.15) is 11.6 Å². The summed E-state index contributed by atoms with van der Waals surface area (Å²) < 4.78 is 2.09. The quantitative estimate of drug-likeness (QED) is 0.675. The molecule has 0 saturated heterocycles. The highest BCUT2D eigenvalue weighted by molar-refractivity contribution is 5.95. The van der Waals surface area contributed by atoms with E-state index in [0.29, 0.717) is 30.1 Å². The van der Waals surface area contributed by atoms with Crippen molar-refractivity contribution in [2.45, 2.75) is 33.2 Å². The molecule has 0 radical (unpaired) electrons. The Morgan fingerprint density at radius 1 is 1.48 bits per heavy atom. The average molecular weight is 347 g/mol. The standard InChI is InChI=1S/C15H19N5O2.CH2O2/c1-3-12-11(4-5-14(21)17-12)15(22)16-7-10-6-13-19-18-9(2)20(13)8-10;2-1-3/h4-5,10H,3,6-8H2,1-2H3,(H,16,22)(H,17,21);1H,(H,2,3). The summed E-state index contributed by atoms with van der Waals surface area (Å²) in [7, 11) is 0. The van der Waals surface area contributed by atoms with Crippen LogP contribution in [-0.2, 0) is 24.2 Å². The van der Waals surface area contributed by atoms with E-state index in [1.807, 2.05) is 13.8 Å². The fourth-order valence-corrected chi connectivity index (χ4v) is 2.87. The van der Waals surface area contributed by atoms with E-state index >= 15 is 0 Å². The number of nitrogens with zero attached hydrogens (tertiary/aromatic N) is 3. The highest BCUT2D eigenvalue weighted by Crippen LogP contribution is 2.19. The summed E-state index contributed by atoms with van der Waals surface area (Å²) >= 11 is 0. The number of pyridine rings is 1. The van der Waals surface area contributed by atoms with E-state index in [1.165, 1.54) is 6.07 Å². The van der Waals surface area contributed by atoms with Crippen LogP contribution in [0.4, 0.5) is 0 Å². The van der Waals surface area contributed by atoms with Crippen LogP contribution in [0.3, 0.4) is 0 Å². The fourth-order valence-electron chi connectivity index (χ4n) is 2.87.